The van der Waals surface area contributed by atoms with Crippen LogP contribution in [0.25, 0.3) is 10.8 Å². The van der Waals surface area contributed by atoms with Gasteiger partial charge in [0.2, 0.25) is 0 Å². The molecule has 2 heterocycles. The van der Waals surface area contributed by atoms with E-state index in [1.807, 2.05) is 6.92 Å². The van der Waals surface area contributed by atoms with E-state index in [1.54, 1.807) is 12.1 Å². The molecule has 7 heteroatoms. The highest BCUT2D eigenvalue weighted by Gasteiger charge is 2.41. The van der Waals surface area contributed by atoms with Gasteiger partial charge in [0.1, 0.15) is 0 Å². The molecule has 252 valence electrons. The van der Waals surface area contributed by atoms with Gasteiger partial charge >= 0.3 is 0 Å². The lowest BCUT2D eigenvalue weighted by Gasteiger charge is -2.33. The third-order valence-corrected chi connectivity index (χ3v) is 10.5. The van der Waals surface area contributed by atoms with E-state index in [4.69, 9.17) is 0 Å². The second-order valence-electron chi connectivity index (χ2n) is 13.5. The minimum absolute atomic E-state index is 0.321. The Balaban J connectivity index is 1.39. The van der Waals surface area contributed by atoms with E-state index in [0.29, 0.717) is 56.2 Å². The van der Waals surface area contributed by atoms with Crippen molar-refractivity contribution >= 4 is 50.3 Å². The maximum Gasteiger partial charge on any atom is 0.262 e. The first kappa shape index (κ1) is 36.3. The lowest BCUT2D eigenvalue weighted by Crippen LogP contribution is -2.44. The van der Waals surface area contributed by atoms with Crippen molar-refractivity contribution in [3.63, 3.8) is 0 Å². The van der Waals surface area contributed by atoms with Crippen LogP contribution in [0.15, 0.2) is 16.6 Å². The van der Waals surface area contributed by atoms with E-state index in [2.05, 4.69) is 29.8 Å². The highest BCUT2D eigenvalue weighted by Crippen LogP contribution is 2.42. The van der Waals surface area contributed by atoms with E-state index in [1.165, 1.54) is 99.7 Å². The Morgan fingerprint density at radius 2 is 0.826 bits per heavy atom. The average Bonchev–Trinajstić information content (AvgIpc) is 3.03. The Labute approximate surface area is 285 Å². The van der Waals surface area contributed by atoms with Gasteiger partial charge in [-0.25, -0.2) is 0 Å². The number of halogens is 1. The number of aryl methyl sites for hydroxylation is 1. The zero-order valence-electron chi connectivity index (χ0n) is 28.6. The molecule has 0 aromatic heterocycles. The topological polar surface area (TPSA) is 74.8 Å². The number of carbonyl (C=O) groups excluding carboxylic acids is 4. The van der Waals surface area contributed by atoms with Crippen LogP contribution in [0, 0.1) is 6.92 Å². The van der Waals surface area contributed by atoms with Crippen molar-refractivity contribution in [2.45, 2.75) is 149 Å². The molecule has 0 atom stereocenters. The van der Waals surface area contributed by atoms with Crippen LogP contribution in [0.2, 0.25) is 0 Å². The Morgan fingerprint density at radius 3 is 1.26 bits per heavy atom. The normalized spacial score (nSPS) is 14.3. The van der Waals surface area contributed by atoms with Crippen molar-refractivity contribution in [1.82, 2.24) is 9.80 Å². The predicted molar refractivity (Wildman–Crippen MR) is 191 cm³/mol. The smallest absolute Gasteiger partial charge is 0.262 e. The summed E-state index contributed by atoms with van der Waals surface area (Å²) >= 11 is 3.58. The van der Waals surface area contributed by atoms with E-state index < -0.39 is 0 Å². The lowest BCUT2D eigenvalue weighted by atomic mass is 9.83. The molecule has 4 rings (SSSR count). The zero-order valence-corrected chi connectivity index (χ0v) is 30.2. The summed E-state index contributed by atoms with van der Waals surface area (Å²) in [4.78, 5) is 57.8. The first-order valence-electron chi connectivity index (χ1n) is 18.4. The van der Waals surface area contributed by atoms with Crippen LogP contribution in [0.1, 0.15) is 189 Å². The van der Waals surface area contributed by atoms with Gasteiger partial charge in [-0.15, -0.1) is 0 Å². The molecule has 0 saturated heterocycles. The van der Waals surface area contributed by atoms with Crippen molar-refractivity contribution in [1.29, 1.82) is 0 Å². The third-order valence-electron chi connectivity index (χ3n) is 9.89. The monoisotopic (exact) mass is 694 g/mol. The van der Waals surface area contributed by atoms with Crippen molar-refractivity contribution in [2.24, 2.45) is 0 Å². The molecule has 46 heavy (non-hydrogen) atoms. The molecule has 2 aromatic rings. The van der Waals surface area contributed by atoms with Gasteiger partial charge in [0.05, 0.1) is 11.1 Å². The van der Waals surface area contributed by atoms with Gasteiger partial charge < -0.3 is 0 Å². The van der Waals surface area contributed by atoms with Gasteiger partial charge in [0.15, 0.2) is 0 Å². The van der Waals surface area contributed by atoms with Gasteiger partial charge in [-0.3, -0.25) is 29.0 Å². The molecule has 0 radical (unpaired) electrons. The van der Waals surface area contributed by atoms with Gasteiger partial charge in [-0.2, -0.15) is 0 Å². The Kier molecular flexibility index (Phi) is 14.3. The van der Waals surface area contributed by atoms with Crippen LogP contribution in [0.4, 0.5) is 0 Å². The number of hydrogen-bond acceptors (Lipinski definition) is 4. The van der Waals surface area contributed by atoms with Crippen LogP contribution in [0.5, 0.6) is 0 Å². The van der Waals surface area contributed by atoms with Gasteiger partial charge in [0, 0.05) is 39.5 Å². The van der Waals surface area contributed by atoms with Gasteiger partial charge in [0.25, 0.3) is 23.6 Å². The molecule has 2 aliphatic rings. The van der Waals surface area contributed by atoms with Crippen LogP contribution in [0.3, 0.4) is 0 Å². The summed E-state index contributed by atoms with van der Waals surface area (Å²) in [6.07, 6.45) is 23.5. The second kappa shape index (κ2) is 18.1. The molecular formula is C39H55BrN2O4. The molecule has 2 aliphatic heterocycles. The molecule has 0 saturated carbocycles. The summed E-state index contributed by atoms with van der Waals surface area (Å²) in [5.41, 5.74) is 2.29. The number of hydrogen-bond donors (Lipinski definition) is 0. The molecule has 0 spiro atoms. The van der Waals surface area contributed by atoms with E-state index in [-0.39, 0.29) is 23.6 Å². The number of rotatable bonds is 22. The molecule has 2 aromatic carbocycles. The summed E-state index contributed by atoms with van der Waals surface area (Å²) in [5, 5.41) is 0.905. The number of amides is 4. The molecule has 0 N–H and O–H groups in total. The fourth-order valence-corrected chi connectivity index (χ4v) is 7.82. The number of carbonyl (C=O) groups is 4. The summed E-state index contributed by atoms with van der Waals surface area (Å²) in [5.74, 6) is -1.35. The number of unbranched alkanes of at least 4 members (excludes halogenated alkanes) is 18. The molecule has 0 unspecified atom stereocenters. The van der Waals surface area contributed by atoms with Crippen LogP contribution in [-0.2, 0) is 0 Å². The zero-order chi connectivity index (χ0) is 33.1. The Bertz CT molecular complexity index is 1300. The maximum absolute atomic E-state index is 13.8. The summed E-state index contributed by atoms with van der Waals surface area (Å²) in [6, 6.07) is 3.45. The molecule has 6 nitrogen and oxygen atoms in total. The van der Waals surface area contributed by atoms with Crippen molar-refractivity contribution in [3.8, 4) is 0 Å². The second-order valence-corrected chi connectivity index (χ2v) is 14.4. The minimum atomic E-state index is -0.352. The van der Waals surface area contributed by atoms with Crippen molar-refractivity contribution in [2.75, 3.05) is 13.1 Å². The molecule has 0 aliphatic carbocycles. The summed E-state index contributed by atoms with van der Waals surface area (Å²) < 4.78 is 0.498. The highest BCUT2D eigenvalue weighted by molar-refractivity contribution is 9.10. The van der Waals surface area contributed by atoms with Gasteiger partial charge in [-0.1, -0.05) is 129 Å². The largest absolute Gasteiger partial charge is 0.274 e. The van der Waals surface area contributed by atoms with Crippen molar-refractivity contribution in [3.05, 3.63) is 44.4 Å². The number of nitrogens with zero attached hydrogens (tertiary/aromatic N) is 2. The SMILES string of the molecule is CCCCCCCCCCCCN1C(=O)c2cc(Br)c3c4c(cc(C)c(c24)C1=O)C(=O)N(CCCCCCCCCCCC)C3=O. The highest BCUT2D eigenvalue weighted by atomic mass is 79.9. The van der Waals surface area contributed by atoms with Crippen molar-refractivity contribution < 1.29 is 19.2 Å². The predicted octanol–water partition coefficient (Wildman–Crippen LogP) is 10.9. The first-order valence-corrected chi connectivity index (χ1v) is 19.1. The molecule has 0 bridgehead atoms. The van der Waals surface area contributed by atoms with Crippen LogP contribution < -0.4 is 0 Å². The Morgan fingerprint density at radius 1 is 0.478 bits per heavy atom. The lowest BCUT2D eigenvalue weighted by molar-refractivity contribution is 0.0585. The fourth-order valence-electron chi connectivity index (χ4n) is 7.23. The van der Waals surface area contributed by atoms with E-state index in [0.717, 1.165) is 38.5 Å². The minimum Gasteiger partial charge on any atom is -0.274 e. The van der Waals surface area contributed by atoms with E-state index in [9.17, 15) is 19.2 Å². The fraction of sp³-hybridized carbons (Fsp3) is 0.641. The first-order chi connectivity index (χ1) is 22.3. The number of imide groups is 2. The van der Waals surface area contributed by atoms with Crippen LogP contribution >= 0.6 is 15.9 Å². The quantitative estimate of drug-likeness (QED) is 0.0908. The third kappa shape index (κ3) is 8.48. The summed E-state index contributed by atoms with van der Waals surface area (Å²) in [6.45, 7) is 7.05. The van der Waals surface area contributed by atoms with E-state index >= 15 is 0 Å². The van der Waals surface area contributed by atoms with Crippen LogP contribution in [-0.4, -0.2) is 46.5 Å². The Hall–Kier alpha value is -2.54. The molecule has 0 fully saturated rings. The average molecular weight is 696 g/mol. The maximum atomic E-state index is 13.8. The summed E-state index contributed by atoms with van der Waals surface area (Å²) in [7, 11) is 0. The standard InChI is InChI=1S/C39H55BrN2O4/c1-4-6-8-10-12-14-16-18-20-22-24-41-37(44)30-27-31(40)35-34-29(26-28(3)32(33(30)34)38(41)45)36(43)42(39(35)46)25-23-21-19-17-15-13-11-9-7-5-2/h26-27H,4-25H2,1-3H3. The molecular weight excluding hydrogens is 640 g/mol. The number of benzene rings is 2. The molecule has 4 amide bonds. The van der Waals surface area contributed by atoms with Gasteiger partial charge in [-0.05, 0) is 53.4 Å².